The highest BCUT2D eigenvalue weighted by atomic mass is 35.5. The summed E-state index contributed by atoms with van der Waals surface area (Å²) < 4.78 is 2.01. The Hall–Kier alpha value is -1.55. The van der Waals surface area contributed by atoms with Gasteiger partial charge in [0.15, 0.2) is 0 Å². The van der Waals surface area contributed by atoms with E-state index in [1.54, 1.807) is 0 Å². The van der Waals surface area contributed by atoms with Crippen molar-refractivity contribution in [1.82, 2.24) is 14.3 Å². The van der Waals surface area contributed by atoms with Gasteiger partial charge in [-0.15, -0.1) is 11.6 Å². The Morgan fingerprint density at radius 1 is 1.47 bits per heavy atom. The number of rotatable bonds is 6. The van der Waals surface area contributed by atoms with Crippen LogP contribution >= 0.6 is 11.6 Å². The molecular formula is C14H18ClN3O. The number of aromatic nitrogens is 2. The van der Waals surface area contributed by atoms with E-state index in [-0.39, 0.29) is 5.91 Å². The van der Waals surface area contributed by atoms with Crippen molar-refractivity contribution in [3.8, 4) is 0 Å². The third kappa shape index (κ3) is 3.26. The van der Waals surface area contributed by atoms with Gasteiger partial charge in [-0.05, 0) is 25.5 Å². The molecule has 4 nitrogen and oxygen atoms in total. The van der Waals surface area contributed by atoms with E-state index in [9.17, 15) is 4.79 Å². The summed E-state index contributed by atoms with van der Waals surface area (Å²) in [4.78, 5) is 18.2. The van der Waals surface area contributed by atoms with E-state index in [1.165, 1.54) is 0 Å². The van der Waals surface area contributed by atoms with E-state index in [0.717, 1.165) is 17.8 Å². The van der Waals surface area contributed by atoms with Crippen molar-refractivity contribution in [3.63, 3.8) is 0 Å². The second-order valence-electron chi connectivity index (χ2n) is 4.38. The Bertz CT molecular complexity index is 552. The molecule has 0 N–H and O–H groups in total. The number of imidazole rings is 1. The second-order valence-corrected chi connectivity index (χ2v) is 4.76. The number of halogens is 1. The molecule has 1 amide bonds. The van der Waals surface area contributed by atoms with Crippen molar-refractivity contribution >= 4 is 23.2 Å². The van der Waals surface area contributed by atoms with Crippen LogP contribution in [-0.2, 0) is 11.3 Å². The third-order valence-corrected chi connectivity index (χ3v) is 3.37. The predicted molar refractivity (Wildman–Crippen MR) is 76.2 cm³/mol. The van der Waals surface area contributed by atoms with Crippen molar-refractivity contribution in [3.05, 3.63) is 36.3 Å². The number of carbonyl (C=O) groups excluding carboxylic acids is 1. The van der Waals surface area contributed by atoms with E-state index in [2.05, 4.69) is 4.98 Å². The first kappa shape index (κ1) is 13.9. The lowest BCUT2D eigenvalue weighted by Crippen LogP contribution is -2.30. The topological polar surface area (TPSA) is 37.6 Å². The van der Waals surface area contributed by atoms with E-state index in [1.807, 2.05) is 46.8 Å². The van der Waals surface area contributed by atoms with Crippen LogP contribution in [0, 0.1) is 0 Å². The molecule has 0 saturated carbocycles. The molecule has 2 rings (SSSR count). The van der Waals surface area contributed by atoms with Crippen molar-refractivity contribution in [2.75, 3.05) is 12.4 Å². The van der Waals surface area contributed by atoms with Crippen LogP contribution in [0.15, 0.2) is 30.6 Å². The smallest absolute Gasteiger partial charge is 0.222 e. The summed E-state index contributed by atoms with van der Waals surface area (Å²) in [5, 5.41) is 0. The van der Waals surface area contributed by atoms with Crippen molar-refractivity contribution in [2.45, 2.75) is 26.3 Å². The van der Waals surface area contributed by atoms with Gasteiger partial charge in [-0.3, -0.25) is 4.79 Å². The normalized spacial score (nSPS) is 10.8. The van der Waals surface area contributed by atoms with Crippen LogP contribution in [0.1, 0.15) is 25.5 Å². The molecule has 2 aromatic heterocycles. The number of alkyl halides is 1. The van der Waals surface area contributed by atoms with Crippen LogP contribution in [0.4, 0.5) is 0 Å². The van der Waals surface area contributed by atoms with Gasteiger partial charge in [-0.2, -0.15) is 0 Å². The standard InChI is InChI=1S/C14H18ClN3O/c1-2-17(14(19)7-5-8-15)11-12-10-16-13-6-3-4-9-18(12)13/h3-4,6,9-10H,2,5,7-8,11H2,1H3. The second kappa shape index (κ2) is 6.57. The van der Waals surface area contributed by atoms with E-state index < -0.39 is 0 Å². The number of pyridine rings is 1. The minimum Gasteiger partial charge on any atom is -0.337 e. The summed E-state index contributed by atoms with van der Waals surface area (Å²) >= 11 is 5.63. The lowest BCUT2D eigenvalue weighted by atomic mass is 10.3. The molecule has 102 valence electrons. The molecule has 0 aliphatic heterocycles. The summed E-state index contributed by atoms with van der Waals surface area (Å²) in [5.41, 5.74) is 1.93. The molecule has 0 radical (unpaired) electrons. The molecule has 19 heavy (non-hydrogen) atoms. The van der Waals surface area contributed by atoms with E-state index >= 15 is 0 Å². The molecule has 0 atom stereocenters. The van der Waals surface area contributed by atoms with Gasteiger partial charge in [0.25, 0.3) is 0 Å². The van der Waals surface area contributed by atoms with Crippen LogP contribution in [0.5, 0.6) is 0 Å². The molecule has 0 aliphatic rings. The zero-order valence-corrected chi connectivity index (χ0v) is 11.8. The van der Waals surface area contributed by atoms with Crippen LogP contribution in [0.3, 0.4) is 0 Å². The molecule has 5 heteroatoms. The van der Waals surface area contributed by atoms with Crippen LogP contribution in [-0.4, -0.2) is 32.6 Å². The lowest BCUT2D eigenvalue weighted by molar-refractivity contribution is -0.131. The first-order chi connectivity index (χ1) is 9.26. The molecule has 2 aromatic rings. The number of hydrogen-bond acceptors (Lipinski definition) is 2. The lowest BCUT2D eigenvalue weighted by Gasteiger charge is -2.20. The monoisotopic (exact) mass is 279 g/mol. The number of nitrogens with zero attached hydrogens (tertiary/aromatic N) is 3. The largest absolute Gasteiger partial charge is 0.337 e. The van der Waals surface area contributed by atoms with Crippen molar-refractivity contribution in [1.29, 1.82) is 0 Å². The highest BCUT2D eigenvalue weighted by Gasteiger charge is 2.13. The molecule has 0 bridgehead atoms. The third-order valence-electron chi connectivity index (χ3n) is 3.11. The maximum absolute atomic E-state index is 12.0. The Morgan fingerprint density at radius 2 is 2.32 bits per heavy atom. The quantitative estimate of drug-likeness (QED) is 0.763. The Labute approximate surface area is 118 Å². The molecule has 2 heterocycles. The van der Waals surface area contributed by atoms with Crippen molar-refractivity contribution < 1.29 is 4.79 Å². The Morgan fingerprint density at radius 3 is 3.05 bits per heavy atom. The van der Waals surface area contributed by atoms with Gasteiger partial charge in [0, 0.05) is 25.0 Å². The minimum absolute atomic E-state index is 0.147. The van der Waals surface area contributed by atoms with E-state index in [0.29, 0.717) is 25.4 Å². The van der Waals surface area contributed by atoms with Crippen molar-refractivity contribution in [2.24, 2.45) is 0 Å². The fraction of sp³-hybridized carbons (Fsp3) is 0.429. The van der Waals surface area contributed by atoms with Gasteiger partial charge in [0.05, 0.1) is 18.4 Å². The molecular weight excluding hydrogens is 262 g/mol. The first-order valence-corrected chi connectivity index (χ1v) is 7.04. The first-order valence-electron chi connectivity index (χ1n) is 6.51. The fourth-order valence-corrected chi connectivity index (χ4v) is 2.18. The Kier molecular flexibility index (Phi) is 4.80. The molecule has 0 spiro atoms. The maximum Gasteiger partial charge on any atom is 0.222 e. The summed E-state index contributed by atoms with van der Waals surface area (Å²) in [7, 11) is 0. The molecule has 0 saturated heterocycles. The summed E-state index contributed by atoms with van der Waals surface area (Å²) in [5.74, 6) is 0.674. The van der Waals surface area contributed by atoms with Gasteiger partial charge in [0.2, 0.25) is 5.91 Å². The molecule has 0 unspecified atom stereocenters. The summed E-state index contributed by atoms with van der Waals surface area (Å²) in [6.07, 6.45) is 5.03. The average Bonchev–Trinajstić information content (AvgIpc) is 2.85. The van der Waals surface area contributed by atoms with Gasteiger partial charge in [-0.25, -0.2) is 4.98 Å². The minimum atomic E-state index is 0.147. The number of hydrogen-bond donors (Lipinski definition) is 0. The number of carbonyl (C=O) groups is 1. The van der Waals surface area contributed by atoms with Crippen LogP contribution in [0.25, 0.3) is 5.65 Å². The maximum atomic E-state index is 12.0. The zero-order valence-electron chi connectivity index (χ0n) is 11.1. The predicted octanol–water partition coefficient (Wildman–Crippen LogP) is 2.70. The van der Waals surface area contributed by atoms with E-state index in [4.69, 9.17) is 11.6 Å². The zero-order chi connectivity index (χ0) is 13.7. The molecule has 0 aromatic carbocycles. The van der Waals surface area contributed by atoms with Gasteiger partial charge >= 0.3 is 0 Å². The SMILES string of the molecule is CCN(Cc1cnc2ccccn12)C(=O)CCCCl. The molecule has 0 fully saturated rings. The van der Waals surface area contributed by atoms with Gasteiger partial charge < -0.3 is 9.30 Å². The number of amides is 1. The van der Waals surface area contributed by atoms with Crippen LogP contribution in [0.2, 0.25) is 0 Å². The Balaban J connectivity index is 2.11. The van der Waals surface area contributed by atoms with Gasteiger partial charge in [0.1, 0.15) is 5.65 Å². The highest BCUT2D eigenvalue weighted by molar-refractivity contribution is 6.17. The van der Waals surface area contributed by atoms with Gasteiger partial charge in [-0.1, -0.05) is 6.07 Å². The molecule has 0 aliphatic carbocycles. The highest BCUT2D eigenvalue weighted by Crippen LogP contribution is 2.10. The van der Waals surface area contributed by atoms with Crippen LogP contribution < -0.4 is 0 Å². The fourth-order valence-electron chi connectivity index (χ4n) is 2.05. The number of fused-ring (bicyclic) bond motifs is 1. The summed E-state index contributed by atoms with van der Waals surface area (Å²) in [6, 6.07) is 5.87. The average molecular weight is 280 g/mol. The summed E-state index contributed by atoms with van der Waals surface area (Å²) in [6.45, 7) is 3.27.